The van der Waals surface area contributed by atoms with E-state index in [0.29, 0.717) is 0 Å². The monoisotopic (exact) mass is 313 g/mol. The maximum atomic E-state index is 5.78. The van der Waals surface area contributed by atoms with Gasteiger partial charge in [-0.15, -0.1) is 0 Å². The fraction of sp³-hybridized carbons (Fsp3) is 0.182. The maximum absolute atomic E-state index is 5.78. The van der Waals surface area contributed by atoms with Crippen LogP contribution in [0.15, 0.2) is 24.4 Å². The lowest BCUT2D eigenvalue weighted by Crippen LogP contribution is -1.97. The Kier molecular flexibility index (Phi) is 2.68. The molecule has 4 heteroatoms. The molecular formula is C11H12IN3. The molecule has 1 aromatic carbocycles. The topological polar surface area (TPSA) is 43.8 Å². The van der Waals surface area contributed by atoms with Gasteiger partial charge in [0.05, 0.1) is 0 Å². The van der Waals surface area contributed by atoms with Crippen molar-refractivity contribution in [1.82, 2.24) is 9.55 Å². The molecule has 0 aliphatic rings. The quantitative estimate of drug-likeness (QED) is 0.650. The van der Waals surface area contributed by atoms with Crippen LogP contribution in [0.3, 0.4) is 0 Å². The van der Waals surface area contributed by atoms with E-state index in [9.17, 15) is 0 Å². The number of nitrogens with two attached hydrogens (primary N) is 1. The average Bonchev–Trinajstić information content (AvgIpc) is 2.50. The third-order valence-electron chi connectivity index (χ3n) is 2.38. The maximum Gasteiger partial charge on any atom is 0.120 e. The fourth-order valence-corrected chi connectivity index (χ4v) is 2.14. The minimum absolute atomic E-state index is 0.825. The van der Waals surface area contributed by atoms with Gasteiger partial charge in [-0.2, -0.15) is 0 Å². The van der Waals surface area contributed by atoms with Crippen LogP contribution in [0.5, 0.6) is 0 Å². The molecule has 0 fully saturated rings. The molecule has 78 valence electrons. The molecule has 2 aromatic rings. The van der Waals surface area contributed by atoms with Gasteiger partial charge in [0.15, 0.2) is 0 Å². The first-order chi connectivity index (χ1) is 7.08. The van der Waals surface area contributed by atoms with E-state index >= 15 is 0 Å². The fourth-order valence-electron chi connectivity index (χ4n) is 1.51. The van der Waals surface area contributed by atoms with Gasteiger partial charge in [0.25, 0.3) is 0 Å². The third kappa shape index (κ3) is 1.99. The van der Waals surface area contributed by atoms with Crippen molar-refractivity contribution in [2.45, 2.75) is 13.8 Å². The Morgan fingerprint density at radius 2 is 2.07 bits per heavy atom. The molecular weight excluding hydrogens is 301 g/mol. The summed E-state index contributed by atoms with van der Waals surface area (Å²) in [5, 5.41) is 0. The van der Waals surface area contributed by atoms with E-state index < -0.39 is 0 Å². The SMILES string of the molecule is Cc1cc(-n2cc(I)nc2C)ccc1N. The lowest BCUT2D eigenvalue weighted by atomic mass is 10.2. The Morgan fingerprint density at radius 3 is 2.60 bits per heavy atom. The van der Waals surface area contributed by atoms with Gasteiger partial charge in [-0.3, -0.25) is 0 Å². The summed E-state index contributed by atoms with van der Waals surface area (Å²) in [6, 6.07) is 6.00. The summed E-state index contributed by atoms with van der Waals surface area (Å²) in [5.74, 6) is 0.989. The molecule has 0 saturated carbocycles. The highest BCUT2D eigenvalue weighted by molar-refractivity contribution is 14.1. The predicted molar refractivity (Wildman–Crippen MR) is 70.2 cm³/mol. The molecule has 15 heavy (non-hydrogen) atoms. The Hall–Kier alpha value is -1.04. The lowest BCUT2D eigenvalue weighted by molar-refractivity contribution is 0.973. The molecule has 0 aliphatic heterocycles. The van der Waals surface area contributed by atoms with E-state index in [1.807, 2.05) is 32.2 Å². The van der Waals surface area contributed by atoms with Crippen LogP contribution in [0, 0.1) is 17.5 Å². The van der Waals surface area contributed by atoms with Crippen molar-refractivity contribution in [1.29, 1.82) is 0 Å². The largest absolute Gasteiger partial charge is 0.399 e. The minimum Gasteiger partial charge on any atom is -0.399 e. The van der Waals surface area contributed by atoms with Gasteiger partial charge in [0.2, 0.25) is 0 Å². The summed E-state index contributed by atoms with van der Waals surface area (Å²) in [4.78, 5) is 4.36. The first-order valence-corrected chi connectivity index (χ1v) is 5.74. The average molecular weight is 313 g/mol. The van der Waals surface area contributed by atoms with Gasteiger partial charge in [0.1, 0.15) is 9.53 Å². The minimum atomic E-state index is 0.825. The van der Waals surface area contributed by atoms with Crippen LogP contribution in [0.4, 0.5) is 5.69 Å². The standard InChI is InChI=1S/C11H12IN3/c1-7-5-9(3-4-10(7)13)15-6-11(12)14-8(15)2/h3-6H,13H2,1-2H3. The zero-order chi connectivity index (χ0) is 11.0. The number of anilines is 1. The smallest absolute Gasteiger partial charge is 0.120 e. The van der Waals surface area contributed by atoms with E-state index in [1.165, 1.54) is 0 Å². The second-order valence-electron chi connectivity index (χ2n) is 3.52. The number of benzene rings is 1. The van der Waals surface area contributed by atoms with Crippen molar-refractivity contribution in [2.24, 2.45) is 0 Å². The number of hydrogen-bond donors (Lipinski definition) is 1. The molecule has 2 rings (SSSR count). The molecule has 0 radical (unpaired) electrons. The molecule has 3 nitrogen and oxygen atoms in total. The number of nitrogens with zero attached hydrogens (tertiary/aromatic N) is 2. The third-order valence-corrected chi connectivity index (χ3v) is 2.90. The van der Waals surface area contributed by atoms with Crippen molar-refractivity contribution >= 4 is 28.3 Å². The van der Waals surface area contributed by atoms with Crippen LogP contribution < -0.4 is 5.73 Å². The van der Waals surface area contributed by atoms with Crippen LogP contribution in [0.1, 0.15) is 11.4 Å². The molecule has 1 aromatic heterocycles. The number of rotatable bonds is 1. The molecule has 0 amide bonds. The number of halogens is 1. The van der Waals surface area contributed by atoms with Crippen molar-refractivity contribution in [3.05, 3.63) is 39.5 Å². The van der Waals surface area contributed by atoms with Gasteiger partial charge in [-0.1, -0.05) is 0 Å². The predicted octanol–water partition coefficient (Wildman–Crippen LogP) is 2.68. The number of aryl methyl sites for hydroxylation is 2. The molecule has 2 N–H and O–H groups in total. The molecule has 0 aliphatic carbocycles. The lowest BCUT2D eigenvalue weighted by Gasteiger charge is -2.07. The molecule has 0 unspecified atom stereocenters. The summed E-state index contributed by atoms with van der Waals surface area (Å²) in [6.07, 6.45) is 2.01. The Bertz CT molecular complexity index is 503. The van der Waals surface area contributed by atoms with Crippen molar-refractivity contribution < 1.29 is 0 Å². The summed E-state index contributed by atoms with van der Waals surface area (Å²) in [6.45, 7) is 4.00. The second kappa shape index (κ2) is 3.84. The Morgan fingerprint density at radius 1 is 1.33 bits per heavy atom. The molecule has 1 heterocycles. The molecule has 0 bridgehead atoms. The number of hydrogen-bond acceptors (Lipinski definition) is 2. The van der Waals surface area contributed by atoms with Gasteiger partial charge < -0.3 is 10.3 Å². The van der Waals surface area contributed by atoms with E-state index in [1.54, 1.807) is 0 Å². The van der Waals surface area contributed by atoms with Gasteiger partial charge in [0, 0.05) is 17.6 Å². The van der Waals surface area contributed by atoms with Crippen molar-refractivity contribution in [2.75, 3.05) is 5.73 Å². The summed E-state index contributed by atoms with van der Waals surface area (Å²) in [5.41, 5.74) is 8.81. The number of imidazole rings is 1. The first-order valence-electron chi connectivity index (χ1n) is 4.66. The zero-order valence-electron chi connectivity index (χ0n) is 8.66. The summed E-state index contributed by atoms with van der Waals surface area (Å²) < 4.78 is 3.06. The molecule has 0 atom stereocenters. The van der Waals surface area contributed by atoms with E-state index in [2.05, 4.69) is 38.2 Å². The van der Waals surface area contributed by atoms with Crippen molar-refractivity contribution in [3.8, 4) is 5.69 Å². The molecule has 0 saturated heterocycles. The zero-order valence-corrected chi connectivity index (χ0v) is 10.8. The van der Waals surface area contributed by atoms with Gasteiger partial charge in [-0.05, 0) is 60.2 Å². The van der Waals surface area contributed by atoms with Crippen LogP contribution in [-0.2, 0) is 0 Å². The van der Waals surface area contributed by atoms with Crippen LogP contribution in [0.25, 0.3) is 5.69 Å². The van der Waals surface area contributed by atoms with Crippen LogP contribution in [-0.4, -0.2) is 9.55 Å². The summed E-state index contributed by atoms with van der Waals surface area (Å²) >= 11 is 2.21. The highest BCUT2D eigenvalue weighted by atomic mass is 127. The second-order valence-corrected chi connectivity index (χ2v) is 4.63. The number of aromatic nitrogens is 2. The van der Waals surface area contributed by atoms with E-state index in [0.717, 1.165) is 26.5 Å². The summed E-state index contributed by atoms with van der Waals surface area (Å²) in [7, 11) is 0. The van der Waals surface area contributed by atoms with Crippen molar-refractivity contribution in [3.63, 3.8) is 0 Å². The Balaban J connectivity index is 2.54. The van der Waals surface area contributed by atoms with E-state index in [4.69, 9.17) is 5.73 Å². The van der Waals surface area contributed by atoms with Crippen LogP contribution in [0.2, 0.25) is 0 Å². The molecule has 0 spiro atoms. The van der Waals surface area contributed by atoms with E-state index in [-0.39, 0.29) is 0 Å². The van der Waals surface area contributed by atoms with Crippen LogP contribution >= 0.6 is 22.6 Å². The van der Waals surface area contributed by atoms with Gasteiger partial charge >= 0.3 is 0 Å². The Labute approximate surface area is 102 Å². The van der Waals surface area contributed by atoms with Gasteiger partial charge in [-0.25, -0.2) is 4.98 Å². The normalized spacial score (nSPS) is 10.6. The number of nitrogen functional groups attached to an aromatic ring is 1. The highest BCUT2D eigenvalue weighted by Gasteiger charge is 2.04. The first kappa shape index (κ1) is 10.5. The highest BCUT2D eigenvalue weighted by Crippen LogP contribution is 2.18.